The van der Waals surface area contributed by atoms with E-state index in [1.165, 1.54) is 25.3 Å². The predicted octanol–water partition coefficient (Wildman–Crippen LogP) is 3.46. The molecule has 0 bridgehead atoms. The Morgan fingerprint density at radius 2 is 1.90 bits per heavy atom. The van der Waals surface area contributed by atoms with Gasteiger partial charge in [-0.3, -0.25) is 4.98 Å². The zero-order valence-electron chi connectivity index (χ0n) is 11.5. The Morgan fingerprint density at radius 3 is 2.71 bits per heavy atom. The van der Waals surface area contributed by atoms with Crippen LogP contribution in [-0.2, 0) is 0 Å². The standard InChI is InChI=1S/C17H14FNO2/c1-21-15-8-7-12(18)10-14(15)17(20)13-6-2-4-11-5-3-9-19-16(11)13/h2-10,17,20H,1H3. The van der Waals surface area contributed by atoms with Gasteiger partial charge in [0.1, 0.15) is 17.7 Å². The summed E-state index contributed by atoms with van der Waals surface area (Å²) in [6.07, 6.45) is 0.663. The van der Waals surface area contributed by atoms with E-state index in [4.69, 9.17) is 4.74 Å². The molecule has 3 aromatic rings. The first-order valence-corrected chi connectivity index (χ1v) is 6.56. The van der Waals surface area contributed by atoms with Crippen molar-refractivity contribution in [2.45, 2.75) is 6.10 Å². The lowest BCUT2D eigenvalue weighted by Crippen LogP contribution is -2.04. The first kappa shape index (κ1) is 13.5. The summed E-state index contributed by atoms with van der Waals surface area (Å²) in [6, 6.07) is 13.4. The first-order chi connectivity index (χ1) is 10.2. The number of ether oxygens (including phenoxy) is 1. The molecular weight excluding hydrogens is 269 g/mol. The zero-order chi connectivity index (χ0) is 14.8. The maximum absolute atomic E-state index is 13.5. The Balaban J connectivity index is 2.17. The number of aromatic nitrogens is 1. The molecule has 0 saturated carbocycles. The van der Waals surface area contributed by atoms with E-state index in [1.807, 2.05) is 24.3 Å². The molecule has 1 aromatic heterocycles. The smallest absolute Gasteiger partial charge is 0.125 e. The van der Waals surface area contributed by atoms with Gasteiger partial charge in [0, 0.05) is 22.7 Å². The third-order valence-electron chi connectivity index (χ3n) is 3.44. The normalized spacial score (nSPS) is 12.3. The van der Waals surface area contributed by atoms with Gasteiger partial charge in [0.25, 0.3) is 0 Å². The molecule has 3 rings (SSSR count). The van der Waals surface area contributed by atoms with Gasteiger partial charge in [-0.15, -0.1) is 0 Å². The first-order valence-electron chi connectivity index (χ1n) is 6.56. The second-order valence-electron chi connectivity index (χ2n) is 4.71. The van der Waals surface area contributed by atoms with E-state index in [0.29, 0.717) is 22.4 Å². The molecule has 0 aliphatic heterocycles. The summed E-state index contributed by atoms with van der Waals surface area (Å²) >= 11 is 0. The molecule has 0 aliphatic rings. The minimum atomic E-state index is -1.01. The van der Waals surface area contributed by atoms with Crippen LogP contribution in [0.3, 0.4) is 0 Å². The Hall–Kier alpha value is -2.46. The molecule has 0 aliphatic carbocycles. The molecule has 1 heterocycles. The van der Waals surface area contributed by atoms with Crippen molar-refractivity contribution in [1.29, 1.82) is 0 Å². The van der Waals surface area contributed by atoms with Crippen LogP contribution < -0.4 is 4.74 Å². The number of hydrogen-bond acceptors (Lipinski definition) is 3. The Bertz CT molecular complexity index is 783. The van der Waals surface area contributed by atoms with Crippen LogP contribution in [-0.4, -0.2) is 17.2 Å². The number of aliphatic hydroxyl groups is 1. The van der Waals surface area contributed by atoms with Crippen LogP contribution in [0.5, 0.6) is 5.75 Å². The van der Waals surface area contributed by atoms with Crippen molar-refractivity contribution < 1.29 is 14.2 Å². The molecule has 21 heavy (non-hydrogen) atoms. The van der Waals surface area contributed by atoms with Gasteiger partial charge in [-0.1, -0.05) is 24.3 Å². The van der Waals surface area contributed by atoms with Crippen molar-refractivity contribution in [2.24, 2.45) is 0 Å². The van der Waals surface area contributed by atoms with Crippen molar-refractivity contribution in [2.75, 3.05) is 7.11 Å². The number of aliphatic hydroxyl groups excluding tert-OH is 1. The molecular formula is C17H14FNO2. The van der Waals surface area contributed by atoms with Crippen molar-refractivity contribution >= 4 is 10.9 Å². The predicted molar refractivity (Wildman–Crippen MR) is 78.8 cm³/mol. The molecule has 4 heteroatoms. The highest BCUT2D eigenvalue weighted by molar-refractivity contribution is 5.82. The van der Waals surface area contributed by atoms with Crippen LogP contribution in [0.1, 0.15) is 17.2 Å². The quantitative estimate of drug-likeness (QED) is 0.800. The molecule has 2 aromatic carbocycles. The summed E-state index contributed by atoms with van der Waals surface area (Å²) in [6.45, 7) is 0. The third-order valence-corrected chi connectivity index (χ3v) is 3.44. The van der Waals surface area contributed by atoms with E-state index in [2.05, 4.69) is 4.98 Å². The molecule has 0 spiro atoms. The third kappa shape index (κ3) is 2.45. The highest BCUT2D eigenvalue weighted by Gasteiger charge is 2.19. The van der Waals surface area contributed by atoms with Crippen LogP contribution >= 0.6 is 0 Å². The largest absolute Gasteiger partial charge is 0.496 e. The van der Waals surface area contributed by atoms with E-state index >= 15 is 0 Å². The van der Waals surface area contributed by atoms with Gasteiger partial charge in [0.15, 0.2) is 0 Å². The number of fused-ring (bicyclic) bond motifs is 1. The average Bonchev–Trinajstić information content (AvgIpc) is 2.53. The van der Waals surface area contributed by atoms with Gasteiger partial charge in [-0.2, -0.15) is 0 Å². The van der Waals surface area contributed by atoms with Gasteiger partial charge < -0.3 is 9.84 Å². The van der Waals surface area contributed by atoms with Gasteiger partial charge in [-0.25, -0.2) is 4.39 Å². The highest BCUT2D eigenvalue weighted by atomic mass is 19.1. The summed E-state index contributed by atoms with van der Waals surface area (Å²) in [5, 5.41) is 11.6. The Kier molecular flexibility index (Phi) is 3.54. The number of benzene rings is 2. The van der Waals surface area contributed by atoms with Gasteiger partial charge in [0.2, 0.25) is 0 Å². The summed E-state index contributed by atoms with van der Waals surface area (Å²) < 4.78 is 18.7. The molecule has 1 unspecified atom stereocenters. The molecule has 0 saturated heterocycles. The van der Waals surface area contributed by atoms with E-state index in [9.17, 15) is 9.50 Å². The number of rotatable bonds is 3. The van der Waals surface area contributed by atoms with Gasteiger partial charge >= 0.3 is 0 Å². The van der Waals surface area contributed by atoms with Crippen molar-refractivity contribution in [1.82, 2.24) is 4.98 Å². The summed E-state index contributed by atoms with van der Waals surface area (Å²) in [7, 11) is 1.49. The van der Waals surface area contributed by atoms with E-state index in [-0.39, 0.29) is 0 Å². The summed E-state index contributed by atoms with van der Waals surface area (Å²) in [5.41, 5.74) is 1.70. The monoisotopic (exact) mass is 283 g/mol. The lowest BCUT2D eigenvalue weighted by atomic mass is 9.98. The number of methoxy groups -OCH3 is 1. The Labute approximate surface area is 121 Å². The molecule has 0 fully saturated rings. The van der Waals surface area contributed by atoms with Gasteiger partial charge in [0.05, 0.1) is 12.6 Å². The Morgan fingerprint density at radius 1 is 1.10 bits per heavy atom. The van der Waals surface area contributed by atoms with Crippen LogP contribution in [0.15, 0.2) is 54.7 Å². The topological polar surface area (TPSA) is 42.4 Å². The fourth-order valence-electron chi connectivity index (χ4n) is 2.43. The summed E-state index contributed by atoms with van der Waals surface area (Å²) in [5.74, 6) is 0.0230. The second kappa shape index (κ2) is 5.50. The van der Waals surface area contributed by atoms with Crippen molar-refractivity contribution in [3.63, 3.8) is 0 Å². The lowest BCUT2D eigenvalue weighted by molar-refractivity contribution is 0.215. The molecule has 0 radical (unpaired) electrons. The van der Waals surface area contributed by atoms with Crippen LogP contribution in [0.25, 0.3) is 10.9 Å². The molecule has 1 atom stereocenters. The number of pyridine rings is 1. The van der Waals surface area contributed by atoms with Crippen LogP contribution in [0.4, 0.5) is 4.39 Å². The lowest BCUT2D eigenvalue weighted by Gasteiger charge is -2.16. The van der Waals surface area contributed by atoms with Crippen molar-refractivity contribution in [3.05, 3.63) is 71.7 Å². The SMILES string of the molecule is COc1ccc(F)cc1C(O)c1cccc2cccnc12. The number of hydrogen-bond donors (Lipinski definition) is 1. The number of para-hydroxylation sites is 1. The minimum Gasteiger partial charge on any atom is -0.496 e. The van der Waals surface area contributed by atoms with E-state index in [1.54, 1.807) is 12.3 Å². The molecule has 3 nitrogen and oxygen atoms in total. The molecule has 106 valence electrons. The van der Waals surface area contributed by atoms with E-state index < -0.39 is 11.9 Å². The zero-order valence-corrected chi connectivity index (χ0v) is 11.5. The fourth-order valence-corrected chi connectivity index (χ4v) is 2.43. The van der Waals surface area contributed by atoms with Crippen LogP contribution in [0, 0.1) is 5.82 Å². The maximum Gasteiger partial charge on any atom is 0.125 e. The van der Waals surface area contributed by atoms with E-state index in [0.717, 1.165) is 5.39 Å². The second-order valence-corrected chi connectivity index (χ2v) is 4.71. The molecule has 0 amide bonds. The molecule has 1 N–H and O–H groups in total. The maximum atomic E-state index is 13.5. The average molecular weight is 283 g/mol. The fraction of sp³-hybridized carbons (Fsp3) is 0.118. The minimum absolute atomic E-state index is 0.385. The number of nitrogens with zero attached hydrogens (tertiary/aromatic N) is 1. The summed E-state index contributed by atoms with van der Waals surface area (Å²) in [4.78, 5) is 4.31. The van der Waals surface area contributed by atoms with Crippen LogP contribution in [0.2, 0.25) is 0 Å². The van der Waals surface area contributed by atoms with Crippen molar-refractivity contribution in [3.8, 4) is 5.75 Å². The highest BCUT2D eigenvalue weighted by Crippen LogP contribution is 2.33. The number of halogens is 1. The van der Waals surface area contributed by atoms with Gasteiger partial charge in [-0.05, 0) is 24.3 Å².